The number of hydrogen-bond acceptors (Lipinski definition) is 4. The number of carbonyl (C=O) groups is 1. The summed E-state index contributed by atoms with van der Waals surface area (Å²) in [5.74, 6) is -0.220. The van der Waals surface area contributed by atoms with Crippen LogP contribution in [0, 0.1) is 0 Å². The molecule has 1 fully saturated rings. The van der Waals surface area contributed by atoms with Crippen LogP contribution in [0.15, 0.2) is 90.1 Å². The van der Waals surface area contributed by atoms with E-state index in [0.29, 0.717) is 24.7 Å². The molecule has 1 aliphatic heterocycles. The highest BCUT2D eigenvalue weighted by Crippen LogP contribution is 2.30. The summed E-state index contributed by atoms with van der Waals surface area (Å²) < 4.78 is 0. The largest absolute Gasteiger partial charge is 0.481 e. The quantitative estimate of drug-likeness (QED) is 0.333. The summed E-state index contributed by atoms with van der Waals surface area (Å²) in [6.45, 7) is 2.41. The van der Waals surface area contributed by atoms with Gasteiger partial charge in [-0.25, -0.2) is 0 Å². The predicted molar refractivity (Wildman–Crippen MR) is 132 cm³/mol. The van der Waals surface area contributed by atoms with Gasteiger partial charge in [-0.2, -0.15) is 0 Å². The van der Waals surface area contributed by atoms with Crippen LogP contribution < -0.4 is 4.90 Å². The molecule has 4 rings (SSSR count). The molecule has 1 aliphatic rings. The Morgan fingerprint density at radius 3 is 2.15 bits per heavy atom. The van der Waals surface area contributed by atoms with Crippen molar-refractivity contribution < 1.29 is 14.7 Å². The lowest BCUT2D eigenvalue weighted by atomic mass is 9.89. The first-order chi connectivity index (χ1) is 16.2. The van der Waals surface area contributed by atoms with Crippen molar-refractivity contribution in [3.63, 3.8) is 0 Å². The van der Waals surface area contributed by atoms with Gasteiger partial charge in [-0.05, 0) is 47.6 Å². The van der Waals surface area contributed by atoms with Crippen molar-refractivity contribution in [2.45, 2.75) is 38.2 Å². The molecular formula is C28H30N2O3. The Morgan fingerprint density at radius 1 is 0.879 bits per heavy atom. The monoisotopic (exact) mass is 442 g/mol. The van der Waals surface area contributed by atoms with Crippen LogP contribution in [0.2, 0.25) is 0 Å². The highest BCUT2D eigenvalue weighted by Gasteiger charge is 2.20. The lowest BCUT2D eigenvalue weighted by Gasteiger charge is -2.34. The highest BCUT2D eigenvalue weighted by atomic mass is 16.6. The maximum atomic E-state index is 11.1. The van der Waals surface area contributed by atoms with Gasteiger partial charge in [0.2, 0.25) is 0 Å². The summed E-state index contributed by atoms with van der Waals surface area (Å²) in [6.07, 6.45) is 2.63. The highest BCUT2D eigenvalue weighted by molar-refractivity contribution is 6.01. The topological polar surface area (TPSA) is 62.1 Å². The molecule has 0 unspecified atom stereocenters. The molecule has 0 aliphatic carbocycles. The molecule has 1 N–H and O–H groups in total. The van der Waals surface area contributed by atoms with Gasteiger partial charge in [-0.1, -0.05) is 78.0 Å². The molecule has 0 atom stereocenters. The number of anilines is 1. The van der Waals surface area contributed by atoms with Crippen LogP contribution in [0.5, 0.6) is 0 Å². The molecular weight excluding hydrogens is 412 g/mol. The molecule has 0 amide bonds. The minimum atomic E-state index is -0.844. The van der Waals surface area contributed by atoms with Gasteiger partial charge in [0.25, 0.3) is 0 Å². The summed E-state index contributed by atoms with van der Waals surface area (Å²) in [5, 5.41) is 13.4. The van der Waals surface area contributed by atoms with Gasteiger partial charge in [0, 0.05) is 25.2 Å². The fraction of sp³-hybridized carbons (Fsp3) is 0.286. The van der Waals surface area contributed by atoms with E-state index in [4.69, 9.17) is 9.94 Å². The van der Waals surface area contributed by atoms with E-state index in [-0.39, 0.29) is 6.42 Å². The molecule has 3 aromatic rings. The van der Waals surface area contributed by atoms with E-state index in [1.165, 1.54) is 11.3 Å². The normalized spacial score (nSPS) is 14.8. The van der Waals surface area contributed by atoms with Gasteiger partial charge in [0.05, 0.1) is 12.1 Å². The van der Waals surface area contributed by atoms with Gasteiger partial charge < -0.3 is 14.8 Å². The van der Waals surface area contributed by atoms with E-state index in [1.54, 1.807) is 0 Å². The number of benzene rings is 3. The molecule has 0 saturated carbocycles. The SMILES string of the molecule is O=C(O)CC/C(=N/OCc1ccccc1)c1ccc(N2CCC(c3ccccc3)CC2)cc1. The van der Waals surface area contributed by atoms with Crippen molar-refractivity contribution in [1.82, 2.24) is 0 Å². The number of hydrogen-bond donors (Lipinski definition) is 1. The fourth-order valence-corrected chi connectivity index (χ4v) is 4.29. The Hall–Kier alpha value is -3.60. The summed E-state index contributed by atoms with van der Waals surface area (Å²) in [5.41, 5.74) is 5.19. The van der Waals surface area contributed by atoms with Crippen LogP contribution in [0.1, 0.15) is 48.3 Å². The Labute approximate surface area is 195 Å². The third-order valence-electron chi connectivity index (χ3n) is 6.16. The minimum Gasteiger partial charge on any atom is -0.481 e. The second-order valence-electron chi connectivity index (χ2n) is 8.41. The first-order valence-corrected chi connectivity index (χ1v) is 11.5. The van der Waals surface area contributed by atoms with Gasteiger partial charge in [0.15, 0.2) is 0 Å². The maximum Gasteiger partial charge on any atom is 0.303 e. The average Bonchev–Trinajstić information content (AvgIpc) is 2.87. The van der Waals surface area contributed by atoms with Gasteiger partial charge in [0.1, 0.15) is 6.61 Å². The number of oxime groups is 1. The van der Waals surface area contributed by atoms with Crippen molar-refractivity contribution in [3.05, 3.63) is 102 Å². The van der Waals surface area contributed by atoms with E-state index in [2.05, 4.69) is 52.5 Å². The van der Waals surface area contributed by atoms with E-state index >= 15 is 0 Å². The van der Waals surface area contributed by atoms with E-state index in [1.807, 2.05) is 42.5 Å². The number of carboxylic acid groups (broad SMARTS) is 1. The molecule has 5 nitrogen and oxygen atoms in total. The molecule has 0 radical (unpaired) electrons. The molecule has 3 aromatic carbocycles. The minimum absolute atomic E-state index is 0.0162. The second kappa shape index (κ2) is 11.3. The van der Waals surface area contributed by atoms with Crippen LogP contribution in [-0.2, 0) is 16.2 Å². The average molecular weight is 443 g/mol. The smallest absolute Gasteiger partial charge is 0.303 e. The first kappa shape index (κ1) is 22.6. The number of carboxylic acids is 1. The lowest BCUT2D eigenvalue weighted by molar-refractivity contribution is -0.136. The summed E-state index contributed by atoms with van der Waals surface area (Å²) in [7, 11) is 0. The third kappa shape index (κ3) is 6.45. The van der Waals surface area contributed by atoms with Crippen molar-refractivity contribution >= 4 is 17.4 Å². The molecule has 0 spiro atoms. The van der Waals surface area contributed by atoms with Crippen molar-refractivity contribution in [2.24, 2.45) is 5.16 Å². The van der Waals surface area contributed by atoms with Gasteiger partial charge in [-0.3, -0.25) is 4.79 Å². The van der Waals surface area contributed by atoms with E-state index < -0.39 is 5.97 Å². The van der Waals surface area contributed by atoms with Gasteiger partial charge >= 0.3 is 5.97 Å². The number of piperidine rings is 1. The number of rotatable bonds is 9. The van der Waals surface area contributed by atoms with Crippen molar-refractivity contribution in [3.8, 4) is 0 Å². The molecule has 0 aromatic heterocycles. The van der Waals surface area contributed by atoms with Crippen LogP contribution in [0.25, 0.3) is 0 Å². The Morgan fingerprint density at radius 2 is 1.52 bits per heavy atom. The Kier molecular flexibility index (Phi) is 7.75. The van der Waals surface area contributed by atoms with Gasteiger partial charge in [-0.15, -0.1) is 0 Å². The van der Waals surface area contributed by atoms with Crippen LogP contribution in [-0.4, -0.2) is 29.9 Å². The summed E-state index contributed by atoms with van der Waals surface area (Å²) >= 11 is 0. The summed E-state index contributed by atoms with van der Waals surface area (Å²) in [6, 6.07) is 28.8. The van der Waals surface area contributed by atoms with Crippen molar-refractivity contribution in [2.75, 3.05) is 18.0 Å². The second-order valence-corrected chi connectivity index (χ2v) is 8.41. The molecule has 5 heteroatoms. The Balaban J connectivity index is 1.39. The first-order valence-electron chi connectivity index (χ1n) is 11.5. The zero-order valence-electron chi connectivity index (χ0n) is 18.8. The predicted octanol–water partition coefficient (Wildman–Crippen LogP) is 5.86. The summed E-state index contributed by atoms with van der Waals surface area (Å²) in [4.78, 5) is 19.1. The Bertz CT molecular complexity index is 1040. The van der Waals surface area contributed by atoms with Crippen LogP contribution >= 0.6 is 0 Å². The molecule has 1 heterocycles. The lowest BCUT2D eigenvalue weighted by Crippen LogP contribution is -2.32. The maximum absolute atomic E-state index is 11.1. The zero-order chi connectivity index (χ0) is 22.9. The standard InChI is InChI=1S/C28H30N2O3/c31-28(32)16-15-27(29-33-21-22-7-3-1-4-8-22)25-11-13-26(14-12-25)30-19-17-24(18-20-30)23-9-5-2-6-10-23/h1-14,24H,15-21H2,(H,31,32)/b29-27-. The fourth-order valence-electron chi connectivity index (χ4n) is 4.29. The number of nitrogens with zero attached hydrogens (tertiary/aromatic N) is 2. The molecule has 33 heavy (non-hydrogen) atoms. The molecule has 170 valence electrons. The van der Waals surface area contributed by atoms with E-state index in [9.17, 15) is 4.79 Å². The van der Waals surface area contributed by atoms with E-state index in [0.717, 1.165) is 37.1 Å². The zero-order valence-corrected chi connectivity index (χ0v) is 18.8. The van der Waals surface area contributed by atoms with Crippen molar-refractivity contribution in [1.29, 1.82) is 0 Å². The molecule has 1 saturated heterocycles. The molecule has 0 bridgehead atoms. The van der Waals surface area contributed by atoms with Crippen LogP contribution in [0.4, 0.5) is 5.69 Å². The van der Waals surface area contributed by atoms with Crippen LogP contribution in [0.3, 0.4) is 0 Å². The number of aliphatic carboxylic acids is 1. The third-order valence-corrected chi connectivity index (χ3v) is 6.16.